The zero-order chi connectivity index (χ0) is 22.2. The van der Waals surface area contributed by atoms with Gasteiger partial charge in [-0.05, 0) is 43.2 Å². The lowest BCUT2D eigenvalue weighted by Crippen LogP contribution is -2.42. The number of halogens is 1. The second-order valence-corrected chi connectivity index (χ2v) is 9.45. The summed E-state index contributed by atoms with van der Waals surface area (Å²) in [4.78, 5) is 40.2. The third kappa shape index (κ3) is 3.81. The summed E-state index contributed by atoms with van der Waals surface area (Å²) in [6.45, 7) is 0.552. The fraction of sp³-hybridized carbons (Fsp3) is 0.320. The number of amides is 1. The molecule has 3 aromatic rings. The molecule has 1 fully saturated rings. The van der Waals surface area contributed by atoms with E-state index in [2.05, 4.69) is 0 Å². The number of hydrogen-bond acceptors (Lipinski definition) is 5. The summed E-state index contributed by atoms with van der Waals surface area (Å²) >= 11 is 1.47. The molecule has 1 aliphatic carbocycles. The molecule has 1 amide bonds. The van der Waals surface area contributed by atoms with Gasteiger partial charge in [0.1, 0.15) is 24.0 Å². The molecule has 1 aliphatic heterocycles. The highest BCUT2D eigenvalue weighted by molar-refractivity contribution is 7.19. The highest BCUT2D eigenvalue weighted by atomic mass is 32.1. The van der Waals surface area contributed by atoms with Crippen molar-refractivity contribution in [1.82, 2.24) is 4.90 Å². The maximum Gasteiger partial charge on any atom is 0.255 e. The first-order valence-corrected chi connectivity index (χ1v) is 11.6. The zero-order valence-corrected chi connectivity index (χ0v) is 18.3. The fourth-order valence-corrected chi connectivity index (χ4v) is 5.54. The van der Waals surface area contributed by atoms with Crippen molar-refractivity contribution in [1.29, 1.82) is 0 Å². The zero-order valence-electron chi connectivity index (χ0n) is 17.4. The molecule has 2 aromatic carbocycles. The molecule has 1 atom stereocenters. The Labute approximate surface area is 188 Å². The molecule has 5 rings (SSSR count). The van der Waals surface area contributed by atoms with E-state index in [1.54, 1.807) is 29.2 Å². The van der Waals surface area contributed by atoms with Gasteiger partial charge in [0, 0.05) is 45.4 Å². The van der Waals surface area contributed by atoms with E-state index in [0.29, 0.717) is 48.8 Å². The van der Waals surface area contributed by atoms with Crippen LogP contribution in [0.25, 0.3) is 10.1 Å². The van der Waals surface area contributed by atoms with Gasteiger partial charge < -0.3 is 9.64 Å². The topological polar surface area (TPSA) is 63.7 Å². The van der Waals surface area contributed by atoms with Crippen LogP contribution in [0.4, 0.5) is 4.39 Å². The van der Waals surface area contributed by atoms with Crippen molar-refractivity contribution in [3.63, 3.8) is 0 Å². The molecular weight excluding hydrogens is 429 g/mol. The molecule has 32 heavy (non-hydrogen) atoms. The van der Waals surface area contributed by atoms with Gasteiger partial charge in [-0.2, -0.15) is 0 Å². The lowest BCUT2D eigenvalue weighted by molar-refractivity contribution is -0.126. The van der Waals surface area contributed by atoms with Crippen LogP contribution in [0.3, 0.4) is 0 Å². The number of carbonyl (C=O) groups is 3. The molecule has 164 valence electrons. The maximum atomic E-state index is 14.0. The summed E-state index contributed by atoms with van der Waals surface area (Å²) in [5.74, 6) is 0.310. The monoisotopic (exact) mass is 451 g/mol. The summed E-state index contributed by atoms with van der Waals surface area (Å²) in [6, 6.07) is 11.5. The smallest absolute Gasteiger partial charge is 0.255 e. The Hall–Kier alpha value is -3.06. The molecule has 1 unspecified atom stereocenters. The van der Waals surface area contributed by atoms with Crippen LogP contribution in [0.5, 0.6) is 5.75 Å². The number of ether oxygens (including phenoxy) is 1. The van der Waals surface area contributed by atoms with Gasteiger partial charge in [0.05, 0.1) is 12.6 Å². The molecule has 1 aromatic heterocycles. The molecule has 2 aliphatic rings. The number of thiophene rings is 1. The summed E-state index contributed by atoms with van der Waals surface area (Å²) in [7, 11) is 0. The Bertz CT molecular complexity index is 1230. The summed E-state index contributed by atoms with van der Waals surface area (Å²) < 4.78 is 20.9. The second kappa shape index (κ2) is 8.47. The molecule has 1 saturated carbocycles. The van der Waals surface area contributed by atoms with Crippen LogP contribution < -0.4 is 4.74 Å². The lowest BCUT2D eigenvalue weighted by atomic mass is 9.94. The minimum Gasteiger partial charge on any atom is -0.488 e. The van der Waals surface area contributed by atoms with E-state index in [1.807, 2.05) is 12.1 Å². The van der Waals surface area contributed by atoms with Crippen LogP contribution in [0.1, 0.15) is 52.9 Å². The molecule has 0 bridgehead atoms. The molecule has 2 heterocycles. The average Bonchev–Trinajstić information content (AvgIpc) is 3.34. The number of fused-ring (bicyclic) bond motifs is 2. The van der Waals surface area contributed by atoms with Crippen LogP contribution in [0.15, 0.2) is 42.5 Å². The van der Waals surface area contributed by atoms with Crippen molar-refractivity contribution < 1.29 is 23.5 Å². The molecule has 0 N–H and O–H groups in total. The Morgan fingerprint density at radius 3 is 2.75 bits per heavy atom. The average molecular weight is 452 g/mol. The molecule has 0 saturated heterocycles. The number of nitrogens with zero attached hydrogens (tertiary/aromatic N) is 1. The Balaban J connectivity index is 1.36. The largest absolute Gasteiger partial charge is 0.488 e. The van der Waals surface area contributed by atoms with E-state index in [0.717, 1.165) is 15.1 Å². The Kier molecular flexibility index (Phi) is 5.51. The van der Waals surface area contributed by atoms with E-state index in [-0.39, 0.29) is 36.4 Å². The minimum atomic E-state index is -0.572. The highest BCUT2D eigenvalue weighted by Crippen LogP contribution is 2.35. The third-order valence-corrected chi connectivity index (χ3v) is 7.28. The summed E-state index contributed by atoms with van der Waals surface area (Å²) in [6.07, 6.45) is 2.01. The van der Waals surface area contributed by atoms with Gasteiger partial charge in [0.15, 0.2) is 5.78 Å². The van der Waals surface area contributed by atoms with Crippen LogP contribution in [0.2, 0.25) is 0 Å². The summed E-state index contributed by atoms with van der Waals surface area (Å²) in [5, 5.41) is 0.577. The van der Waals surface area contributed by atoms with Crippen molar-refractivity contribution in [3.8, 4) is 5.75 Å². The Morgan fingerprint density at radius 1 is 1.06 bits per heavy atom. The van der Waals surface area contributed by atoms with Crippen LogP contribution in [0, 0.1) is 5.82 Å². The van der Waals surface area contributed by atoms with Crippen LogP contribution in [-0.4, -0.2) is 28.4 Å². The quantitative estimate of drug-likeness (QED) is 0.557. The first kappa shape index (κ1) is 20.8. The van der Waals surface area contributed by atoms with Gasteiger partial charge in [0.25, 0.3) is 5.91 Å². The standard InChI is InChI=1S/C25H22FNO4S/c26-20-6-3-9-24-18(20)12-16(32-24)14-31-23-8-2-5-17-19(23)13-27(25(17)30)21-11-10-15(28)4-1-7-22(21)29/h2-3,5-6,8-9,12,21H,1,4,7,10-11,13-14H2. The fourth-order valence-electron chi connectivity index (χ4n) is 4.55. The molecular formula is C25H22FNO4S. The van der Waals surface area contributed by atoms with Crippen molar-refractivity contribution >= 4 is 38.9 Å². The Morgan fingerprint density at radius 2 is 1.91 bits per heavy atom. The normalized spacial score (nSPS) is 19.2. The predicted octanol–water partition coefficient (Wildman–Crippen LogP) is 5.05. The van der Waals surface area contributed by atoms with Crippen molar-refractivity contribution in [2.45, 2.75) is 51.3 Å². The SMILES string of the molecule is O=C1CCCC(=O)C(N2Cc3c(OCc4cc5c(F)cccc5s4)cccc3C2=O)CC1. The molecule has 5 nitrogen and oxygen atoms in total. The number of carbonyl (C=O) groups excluding carboxylic acids is 3. The third-order valence-electron chi connectivity index (χ3n) is 6.21. The number of hydrogen-bond donors (Lipinski definition) is 0. The van der Waals surface area contributed by atoms with Gasteiger partial charge in [-0.3, -0.25) is 14.4 Å². The molecule has 0 spiro atoms. The first-order chi connectivity index (χ1) is 15.5. The van der Waals surface area contributed by atoms with Crippen LogP contribution in [-0.2, 0) is 22.7 Å². The molecule has 0 radical (unpaired) electrons. The van der Waals surface area contributed by atoms with Gasteiger partial charge in [0.2, 0.25) is 0 Å². The maximum absolute atomic E-state index is 14.0. The number of ketones is 2. The minimum absolute atomic E-state index is 0.0217. The van der Waals surface area contributed by atoms with E-state index in [9.17, 15) is 18.8 Å². The van der Waals surface area contributed by atoms with Gasteiger partial charge in [-0.25, -0.2) is 4.39 Å². The predicted molar refractivity (Wildman–Crippen MR) is 119 cm³/mol. The van der Waals surface area contributed by atoms with Crippen molar-refractivity contribution in [2.75, 3.05) is 0 Å². The van der Waals surface area contributed by atoms with Gasteiger partial charge in [-0.1, -0.05) is 12.1 Å². The van der Waals surface area contributed by atoms with E-state index < -0.39 is 6.04 Å². The van der Waals surface area contributed by atoms with Crippen LogP contribution >= 0.6 is 11.3 Å². The first-order valence-electron chi connectivity index (χ1n) is 10.8. The van der Waals surface area contributed by atoms with Gasteiger partial charge in [-0.15, -0.1) is 11.3 Å². The second-order valence-electron chi connectivity index (χ2n) is 8.28. The highest BCUT2D eigenvalue weighted by Gasteiger charge is 2.38. The van der Waals surface area contributed by atoms with Crippen molar-refractivity contribution in [3.05, 3.63) is 64.3 Å². The molecule has 7 heteroatoms. The van der Waals surface area contributed by atoms with E-state index in [1.165, 1.54) is 17.4 Å². The van der Waals surface area contributed by atoms with Crippen molar-refractivity contribution in [2.24, 2.45) is 0 Å². The number of benzene rings is 2. The van der Waals surface area contributed by atoms with E-state index in [4.69, 9.17) is 4.74 Å². The lowest BCUT2D eigenvalue weighted by Gasteiger charge is -2.28. The van der Waals surface area contributed by atoms with Gasteiger partial charge >= 0.3 is 0 Å². The van der Waals surface area contributed by atoms with E-state index >= 15 is 0 Å². The summed E-state index contributed by atoms with van der Waals surface area (Å²) in [5.41, 5.74) is 1.29. The number of rotatable bonds is 4. The number of Topliss-reactive ketones (excluding diaryl/α,β-unsaturated/α-hetero) is 2.